The lowest BCUT2D eigenvalue weighted by Crippen LogP contribution is -2.25. The lowest BCUT2D eigenvalue weighted by atomic mass is 10.1. The number of nitrogens with one attached hydrogen (secondary N) is 1. The van der Waals surface area contributed by atoms with Crippen LogP contribution < -0.4 is 24.3 Å². The van der Waals surface area contributed by atoms with Gasteiger partial charge in [-0.1, -0.05) is 12.1 Å². The zero-order valence-corrected chi connectivity index (χ0v) is 20.9. The summed E-state index contributed by atoms with van der Waals surface area (Å²) in [6.07, 6.45) is 1.71. The molecule has 1 amide bonds. The number of anilines is 1. The molecule has 8 nitrogen and oxygen atoms in total. The second kappa shape index (κ2) is 10.7. The van der Waals surface area contributed by atoms with E-state index in [0.29, 0.717) is 27.7 Å². The molecule has 0 unspecified atom stereocenters. The predicted molar refractivity (Wildman–Crippen MR) is 140 cm³/mol. The second-order valence-corrected chi connectivity index (χ2v) is 8.89. The third kappa shape index (κ3) is 5.39. The Bertz CT molecular complexity index is 1540. The summed E-state index contributed by atoms with van der Waals surface area (Å²) in [6, 6.07) is 17.3. The van der Waals surface area contributed by atoms with Gasteiger partial charge in [0, 0.05) is 18.0 Å². The Morgan fingerprint density at radius 3 is 2.76 bits per heavy atom. The highest BCUT2D eigenvalue weighted by Crippen LogP contribution is 2.33. The number of hydrogen-bond donors (Lipinski definition) is 1. The Balaban J connectivity index is 1.39. The first kappa shape index (κ1) is 24.3. The number of nitrogens with zero attached hydrogens (tertiary/aromatic N) is 3. The minimum Gasteiger partial charge on any atom is -0.493 e. The summed E-state index contributed by atoms with van der Waals surface area (Å²) in [5.74, 6) is 1.26. The van der Waals surface area contributed by atoms with Gasteiger partial charge in [-0.3, -0.25) is 9.79 Å². The van der Waals surface area contributed by atoms with Gasteiger partial charge < -0.3 is 19.5 Å². The van der Waals surface area contributed by atoms with Gasteiger partial charge in [0.15, 0.2) is 18.1 Å². The Morgan fingerprint density at radius 1 is 1.14 bits per heavy atom. The molecule has 5 rings (SSSR count). The van der Waals surface area contributed by atoms with Gasteiger partial charge in [-0.25, -0.2) is 9.07 Å². The number of thiazole rings is 1. The van der Waals surface area contributed by atoms with Gasteiger partial charge in [0.25, 0.3) is 5.91 Å². The molecule has 0 aliphatic carbocycles. The molecule has 1 N–H and O–H groups in total. The summed E-state index contributed by atoms with van der Waals surface area (Å²) in [5.41, 5.74) is 3.93. The second-order valence-electron chi connectivity index (χ2n) is 8.06. The van der Waals surface area contributed by atoms with E-state index in [1.807, 2.05) is 35.7 Å². The fourth-order valence-corrected chi connectivity index (χ4v) is 4.56. The van der Waals surface area contributed by atoms with E-state index in [2.05, 4.69) is 15.4 Å². The van der Waals surface area contributed by atoms with Gasteiger partial charge in [-0.15, -0.1) is 11.3 Å². The van der Waals surface area contributed by atoms with E-state index >= 15 is 0 Å². The number of hydrogen-bond acceptors (Lipinski definition) is 7. The minimum absolute atomic E-state index is 0.00743. The first-order valence-electron chi connectivity index (χ1n) is 11.3. The summed E-state index contributed by atoms with van der Waals surface area (Å²) in [6.45, 7) is 0.291. The number of amides is 1. The van der Waals surface area contributed by atoms with Crippen LogP contribution in [-0.2, 0) is 11.4 Å². The van der Waals surface area contributed by atoms with E-state index in [4.69, 9.17) is 14.2 Å². The molecule has 0 saturated heterocycles. The van der Waals surface area contributed by atoms with Crippen molar-refractivity contribution in [3.63, 3.8) is 0 Å². The summed E-state index contributed by atoms with van der Waals surface area (Å²) in [5, 5.41) is 9.47. The van der Waals surface area contributed by atoms with Crippen molar-refractivity contribution in [2.24, 2.45) is 10.1 Å². The summed E-state index contributed by atoms with van der Waals surface area (Å²) in [4.78, 5) is 16.8. The van der Waals surface area contributed by atoms with Crippen molar-refractivity contribution in [3.05, 3.63) is 87.8 Å². The number of methoxy groups -OCH3 is 1. The Kier molecular flexibility index (Phi) is 7.00. The maximum atomic E-state index is 13.1. The lowest BCUT2D eigenvalue weighted by molar-refractivity contribution is -0.118. The van der Waals surface area contributed by atoms with Crippen LogP contribution in [0.15, 0.2) is 76.1 Å². The van der Waals surface area contributed by atoms with Crippen molar-refractivity contribution in [3.8, 4) is 28.5 Å². The van der Waals surface area contributed by atoms with Crippen LogP contribution in [0.1, 0.15) is 11.1 Å². The molecule has 1 aliphatic rings. The van der Waals surface area contributed by atoms with Gasteiger partial charge in [-0.05, 0) is 59.7 Å². The number of halogens is 1. The molecule has 0 atom stereocenters. The number of ether oxygens (including phenoxy) is 3. The van der Waals surface area contributed by atoms with Gasteiger partial charge in [0.2, 0.25) is 4.80 Å². The number of fused-ring (bicyclic) bond motifs is 1. The Hall–Kier alpha value is -4.44. The minimum atomic E-state index is -0.289. The molecule has 1 aromatic heterocycles. The van der Waals surface area contributed by atoms with Crippen LogP contribution in [0.2, 0.25) is 0 Å². The average molecular weight is 519 g/mol. The Morgan fingerprint density at radius 2 is 1.97 bits per heavy atom. The van der Waals surface area contributed by atoms with E-state index in [-0.39, 0.29) is 24.9 Å². The standard InChI is InChI=1S/C27H23FN4O4S/c1-29-27-32(22(16-37-27)19-6-10-23-21(12-19)31-26(33)15-36-23)30-13-18-5-9-24(25(11-18)34-2)35-14-17-3-7-20(28)8-4-17/h3-13,16H,14-15H2,1-2H3,(H,31,33). The number of aromatic nitrogens is 1. The normalized spacial score (nSPS) is 13.3. The molecule has 0 fully saturated rings. The van der Waals surface area contributed by atoms with Crippen molar-refractivity contribution in [1.29, 1.82) is 0 Å². The molecule has 0 spiro atoms. The summed E-state index contributed by atoms with van der Waals surface area (Å²) < 4.78 is 31.7. The van der Waals surface area contributed by atoms with Crippen molar-refractivity contribution < 1.29 is 23.4 Å². The van der Waals surface area contributed by atoms with E-state index < -0.39 is 0 Å². The van der Waals surface area contributed by atoms with E-state index in [9.17, 15) is 9.18 Å². The maximum absolute atomic E-state index is 13.1. The molecular weight excluding hydrogens is 495 g/mol. The molecular formula is C27H23FN4O4S. The molecule has 4 aromatic rings. The molecule has 0 radical (unpaired) electrons. The molecule has 1 aliphatic heterocycles. The lowest BCUT2D eigenvalue weighted by Gasteiger charge is -2.18. The first-order valence-corrected chi connectivity index (χ1v) is 12.2. The fourth-order valence-electron chi connectivity index (χ4n) is 3.75. The monoisotopic (exact) mass is 518 g/mol. The maximum Gasteiger partial charge on any atom is 0.262 e. The van der Waals surface area contributed by atoms with Crippen LogP contribution in [0.4, 0.5) is 10.1 Å². The molecule has 0 bridgehead atoms. The molecule has 2 heterocycles. The topological polar surface area (TPSA) is 86.4 Å². The number of rotatable bonds is 7. The first-order chi connectivity index (χ1) is 18.0. The van der Waals surface area contributed by atoms with Crippen molar-refractivity contribution >= 4 is 29.1 Å². The average Bonchev–Trinajstić information content (AvgIpc) is 3.34. The zero-order valence-electron chi connectivity index (χ0n) is 20.1. The summed E-state index contributed by atoms with van der Waals surface area (Å²) >= 11 is 1.46. The third-order valence-corrected chi connectivity index (χ3v) is 6.51. The van der Waals surface area contributed by atoms with E-state index in [1.165, 1.54) is 23.5 Å². The van der Waals surface area contributed by atoms with Crippen LogP contribution in [0.25, 0.3) is 11.3 Å². The molecule has 37 heavy (non-hydrogen) atoms. The van der Waals surface area contributed by atoms with Gasteiger partial charge in [-0.2, -0.15) is 5.10 Å². The fraction of sp³-hybridized carbons (Fsp3) is 0.148. The van der Waals surface area contributed by atoms with Gasteiger partial charge in [0.1, 0.15) is 18.2 Å². The Labute approximate surface area is 216 Å². The molecule has 10 heteroatoms. The smallest absolute Gasteiger partial charge is 0.262 e. The summed E-state index contributed by atoms with van der Waals surface area (Å²) in [7, 11) is 3.28. The van der Waals surface area contributed by atoms with Gasteiger partial charge in [0.05, 0.1) is 24.7 Å². The number of benzene rings is 3. The predicted octanol–water partition coefficient (Wildman–Crippen LogP) is 4.69. The van der Waals surface area contributed by atoms with E-state index in [1.54, 1.807) is 43.2 Å². The van der Waals surface area contributed by atoms with Crippen LogP contribution in [0, 0.1) is 5.82 Å². The molecule has 0 saturated carbocycles. The van der Waals surface area contributed by atoms with Crippen LogP contribution >= 0.6 is 11.3 Å². The number of carbonyl (C=O) groups excluding carboxylic acids is 1. The highest BCUT2D eigenvalue weighted by molar-refractivity contribution is 7.07. The highest BCUT2D eigenvalue weighted by atomic mass is 32.1. The third-order valence-electron chi connectivity index (χ3n) is 5.60. The molecule has 188 valence electrons. The SMILES string of the molecule is CN=c1scc(-c2ccc3c(c2)NC(=O)CO3)n1N=Cc1ccc(OCc2ccc(F)cc2)c(OC)c1. The van der Waals surface area contributed by atoms with Crippen LogP contribution in [-0.4, -0.2) is 37.6 Å². The van der Waals surface area contributed by atoms with Crippen molar-refractivity contribution in [2.75, 3.05) is 26.1 Å². The van der Waals surface area contributed by atoms with Gasteiger partial charge >= 0.3 is 0 Å². The largest absolute Gasteiger partial charge is 0.493 e. The zero-order chi connectivity index (χ0) is 25.8. The van der Waals surface area contributed by atoms with Crippen molar-refractivity contribution in [2.45, 2.75) is 6.61 Å². The van der Waals surface area contributed by atoms with Crippen LogP contribution in [0.3, 0.4) is 0 Å². The molecule has 3 aromatic carbocycles. The highest BCUT2D eigenvalue weighted by Gasteiger charge is 2.18. The van der Waals surface area contributed by atoms with Crippen LogP contribution in [0.5, 0.6) is 17.2 Å². The quantitative estimate of drug-likeness (QED) is 0.360. The van der Waals surface area contributed by atoms with Crippen molar-refractivity contribution in [1.82, 2.24) is 4.68 Å². The number of carbonyl (C=O) groups is 1. The van der Waals surface area contributed by atoms with E-state index in [0.717, 1.165) is 22.4 Å².